The molecule has 1 saturated heterocycles. The summed E-state index contributed by atoms with van der Waals surface area (Å²) in [5.74, 6) is -0.176. The molecule has 0 aromatic heterocycles. The van der Waals surface area contributed by atoms with Crippen LogP contribution in [0.25, 0.3) is 0 Å². The summed E-state index contributed by atoms with van der Waals surface area (Å²) in [6.07, 6.45) is 69.0. The van der Waals surface area contributed by atoms with Gasteiger partial charge in [0.05, 0.1) is 25.4 Å². The Labute approximate surface area is 454 Å². The largest absolute Gasteiger partial charge is 0.394 e. The number of carbonyl (C=O) groups excluding carboxylic acids is 1. The molecule has 0 aromatic carbocycles. The number of carbonyl (C=O) groups is 1. The van der Waals surface area contributed by atoms with Gasteiger partial charge in [0.2, 0.25) is 5.91 Å². The van der Waals surface area contributed by atoms with E-state index >= 15 is 0 Å². The van der Waals surface area contributed by atoms with E-state index in [2.05, 4.69) is 104 Å². The van der Waals surface area contributed by atoms with Crippen molar-refractivity contribution in [2.24, 2.45) is 0 Å². The Morgan fingerprint density at radius 3 is 1.23 bits per heavy atom. The van der Waals surface area contributed by atoms with Crippen LogP contribution in [0, 0.1) is 0 Å². The van der Waals surface area contributed by atoms with Gasteiger partial charge >= 0.3 is 0 Å². The summed E-state index contributed by atoms with van der Waals surface area (Å²) in [5.41, 5.74) is 0. The molecule has 1 aliphatic heterocycles. The number of amides is 1. The van der Waals surface area contributed by atoms with E-state index in [0.29, 0.717) is 12.8 Å². The van der Waals surface area contributed by atoms with E-state index in [1.54, 1.807) is 0 Å². The first-order valence-corrected chi connectivity index (χ1v) is 30.8. The average molecular weight is 1040 g/mol. The van der Waals surface area contributed by atoms with E-state index in [1.807, 2.05) is 0 Å². The summed E-state index contributed by atoms with van der Waals surface area (Å²) < 4.78 is 11.3. The van der Waals surface area contributed by atoms with Gasteiger partial charge in [-0.05, 0) is 70.6 Å². The molecule has 7 unspecified atom stereocenters. The van der Waals surface area contributed by atoms with Gasteiger partial charge in [0.25, 0.3) is 0 Å². The maximum atomic E-state index is 13.1. The molecule has 0 saturated carbocycles. The van der Waals surface area contributed by atoms with Crippen molar-refractivity contribution in [2.75, 3.05) is 13.2 Å². The maximum Gasteiger partial charge on any atom is 0.220 e. The SMILES string of the molecule is CC/C=C\C/C=C\C/C=C\C/C=C\C/C=C\C/C=C\C/C=C\CCCCCC(=O)NC(COC1OC(CO)C(O)C(O)C1O)C(O)CCCCCCCCCCCCCCCCCCCCCCCCCCCC. The van der Waals surface area contributed by atoms with Gasteiger partial charge in [-0.15, -0.1) is 0 Å². The number of ether oxygens (including phenoxy) is 2. The van der Waals surface area contributed by atoms with Crippen LogP contribution in [-0.2, 0) is 14.3 Å². The highest BCUT2D eigenvalue weighted by molar-refractivity contribution is 5.76. The Morgan fingerprint density at radius 2 is 0.838 bits per heavy atom. The van der Waals surface area contributed by atoms with Crippen LogP contribution in [0.3, 0.4) is 0 Å². The van der Waals surface area contributed by atoms with Gasteiger partial charge in [0.15, 0.2) is 6.29 Å². The minimum atomic E-state index is -1.57. The summed E-state index contributed by atoms with van der Waals surface area (Å²) in [4.78, 5) is 13.1. The third-order valence-electron chi connectivity index (χ3n) is 14.3. The van der Waals surface area contributed by atoms with Crippen molar-refractivity contribution in [1.82, 2.24) is 5.32 Å². The first-order valence-electron chi connectivity index (χ1n) is 30.8. The lowest BCUT2D eigenvalue weighted by atomic mass is 9.99. The summed E-state index contributed by atoms with van der Waals surface area (Å²) in [6.45, 7) is 3.72. The minimum absolute atomic E-state index is 0.156. The van der Waals surface area contributed by atoms with Gasteiger partial charge in [0, 0.05) is 6.42 Å². The molecule has 74 heavy (non-hydrogen) atoms. The Bertz CT molecular complexity index is 1440. The monoisotopic (exact) mass is 1040 g/mol. The van der Waals surface area contributed by atoms with Crippen molar-refractivity contribution in [3.63, 3.8) is 0 Å². The first-order chi connectivity index (χ1) is 36.3. The van der Waals surface area contributed by atoms with Gasteiger partial charge in [-0.1, -0.05) is 272 Å². The number of aliphatic hydroxyl groups excluding tert-OH is 5. The molecule has 0 bridgehead atoms. The maximum absolute atomic E-state index is 13.1. The molecule has 428 valence electrons. The normalized spacial score (nSPS) is 19.6. The molecule has 0 aromatic rings. The van der Waals surface area contributed by atoms with Gasteiger partial charge in [-0.3, -0.25) is 4.79 Å². The van der Waals surface area contributed by atoms with Crippen LogP contribution in [0.15, 0.2) is 85.1 Å². The van der Waals surface area contributed by atoms with Crippen LogP contribution in [0.5, 0.6) is 0 Å². The molecular formula is C65H115NO8. The fourth-order valence-electron chi connectivity index (χ4n) is 9.44. The Morgan fingerprint density at radius 1 is 0.473 bits per heavy atom. The van der Waals surface area contributed by atoms with Crippen molar-refractivity contribution >= 4 is 5.91 Å². The highest BCUT2D eigenvalue weighted by atomic mass is 16.7. The molecule has 6 N–H and O–H groups in total. The zero-order valence-electron chi connectivity index (χ0n) is 47.6. The first kappa shape index (κ1) is 69.4. The van der Waals surface area contributed by atoms with E-state index in [0.717, 1.165) is 89.9 Å². The molecule has 0 aliphatic carbocycles. The van der Waals surface area contributed by atoms with Crippen molar-refractivity contribution < 1.29 is 39.8 Å². The van der Waals surface area contributed by atoms with E-state index in [9.17, 15) is 30.3 Å². The van der Waals surface area contributed by atoms with Gasteiger partial charge < -0.3 is 40.3 Å². The third kappa shape index (κ3) is 42.5. The van der Waals surface area contributed by atoms with E-state index < -0.39 is 49.5 Å². The second-order valence-corrected chi connectivity index (χ2v) is 21.1. The summed E-state index contributed by atoms with van der Waals surface area (Å²) in [5, 5.41) is 54.8. The molecule has 1 amide bonds. The number of allylic oxidation sites excluding steroid dienone is 14. The van der Waals surface area contributed by atoms with Crippen molar-refractivity contribution in [2.45, 2.75) is 307 Å². The lowest BCUT2D eigenvalue weighted by molar-refractivity contribution is -0.302. The quantitative estimate of drug-likeness (QED) is 0.0261. The molecule has 7 atom stereocenters. The predicted molar refractivity (Wildman–Crippen MR) is 313 cm³/mol. The number of aliphatic hydroxyl groups is 5. The second kappa shape index (κ2) is 53.8. The lowest BCUT2D eigenvalue weighted by Gasteiger charge is -2.40. The molecule has 1 rings (SSSR count). The Hall–Kier alpha value is -2.63. The number of rotatable bonds is 52. The van der Waals surface area contributed by atoms with Crippen LogP contribution in [0.4, 0.5) is 0 Å². The second-order valence-electron chi connectivity index (χ2n) is 21.1. The summed E-state index contributed by atoms with van der Waals surface area (Å²) in [6, 6.07) is -0.744. The van der Waals surface area contributed by atoms with Crippen LogP contribution in [0.2, 0.25) is 0 Å². The Balaban J connectivity index is 2.22. The highest BCUT2D eigenvalue weighted by Gasteiger charge is 2.44. The number of nitrogens with one attached hydrogen (secondary N) is 1. The molecule has 0 radical (unpaired) electrons. The molecule has 0 spiro atoms. The molecule has 9 heteroatoms. The van der Waals surface area contributed by atoms with Crippen molar-refractivity contribution in [3.8, 4) is 0 Å². The third-order valence-corrected chi connectivity index (χ3v) is 14.3. The van der Waals surface area contributed by atoms with Crippen molar-refractivity contribution in [3.05, 3.63) is 85.1 Å². The van der Waals surface area contributed by atoms with Crippen LogP contribution < -0.4 is 5.32 Å². The molecule has 1 aliphatic rings. The summed E-state index contributed by atoms with van der Waals surface area (Å²) in [7, 11) is 0. The topological polar surface area (TPSA) is 149 Å². The zero-order valence-corrected chi connectivity index (χ0v) is 47.6. The predicted octanol–water partition coefficient (Wildman–Crippen LogP) is 15.8. The Kier molecular flexibility index (Phi) is 50.4. The van der Waals surface area contributed by atoms with E-state index in [-0.39, 0.29) is 12.5 Å². The van der Waals surface area contributed by atoms with Crippen LogP contribution >= 0.6 is 0 Å². The van der Waals surface area contributed by atoms with Gasteiger partial charge in [-0.25, -0.2) is 0 Å². The average Bonchev–Trinajstić information content (AvgIpc) is 3.40. The van der Waals surface area contributed by atoms with Crippen LogP contribution in [0.1, 0.15) is 264 Å². The fraction of sp³-hybridized carbons (Fsp3) is 0.769. The van der Waals surface area contributed by atoms with E-state index in [1.165, 1.54) is 148 Å². The van der Waals surface area contributed by atoms with E-state index in [4.69, 9.17) is 9.47 Å². The van der Waals surface area contributed by atoms with Crippen LogP contribution in [-0.4, -0.2) is 87.5 Å². The smallest absolute Gasteiger partial charge is 0.220 e. The number of hydrogen-bond donors (Lipinski definition) is 6. The lowest BCUT2D eigenvalue weighted by Crippen LogP contribution is -2.60. The molecule has 1 fully saturated rings. The molecular weight excluding hydrogens is 923 g/mol. The van der Waals surface area contributed by atoms with Crippen molar-refractivity contribution in [1.29, 1.82) is 0 Å². The number of hydrogen-bond acceptors (Lipinski definition) is 8. The standard InChI is InChI=1S/C65H115NO8/c1-3-5-7-9-11-13-15-17-19-21-23-25-27-29-31-32-34-36-38-40-42-44-46-48-50-52-54-59(68)58(57-73-65-64(72)63(71)62(70)60(56-67)74-65)66-61(69)55-53-51-49-47-45-43-41-39-37-35-33-30-28-26-24-22-20-18-16-14-12-10-8-6-4-2/h6,8,12,14,18,20,24,26,30,33,37,39,43,45,58-60,62-65,67-68,70-72H,3-5,7,9-11,13,15-17,19,21-23,25,27-29,31-32,34-36,38,40-42,44,46-57H2,1-2H3,(H,66,69)/b8-6-,14-12-,20-18-,26-24-,33-30-,39-37-,45-43-. The fourth-order valence-corrected chi connectivity index (χ4v) is 9.44. The highest BCUT2D eigenvalue weighted by Crippen LogP contribution is 2.23. The molecule has 9 nitrogen and oxygen atoms in total. The van der Waals surface area contributed by atoms with Gasteiger partial charge in [-0.2, -0.15) is 0 Å². The zero-order chi connectivity index (χ0) is 53.6. The molecule has 1 heterocycles. The number of unbranched alkanes of at least 4 members (excludes halogenated alkanes) is 28. The van der Waals surface area contributed by atoms with Gasteiger partial charge in [0.1, 0.15) is 24.4 Å². The summed E-state index contributed by atoms with van der Waals surface area (Å²) >= 11 is 0. The minimum Gasteiger partial charge on any atom is -0.394 e.